The van der Waals surface area contributed by atoms with Gasteiger partial charge in [-0.2, -0.15) is 0 Å². The van der Waals surface area contributed by atoms with Gasteiger partial charge in [0.25, 0.3) is 0 Å². The van der Waals surface area contributed by atoms with E-state index in [1.54, 1.807) is 12.4 Å². The van der Waals surface area contributed by atoms with Crippen LogP contribution in [-0.2, 0) is 20.1 Å². The summed E-state index contributed by atoms with van der Waals surface area (Å²) in [5.74, 6) is -1.54. The van der Waals surface area contributed by atoms with Gasteiger partial charge in [-0.1, -0.05) is 112 Å². The van der Waals surface area contributed by atoms with Gasteiger partial charge in [0.15, 0.2) is 0 Å². The average molecular weight is 742 g/mol. The molecule has 0 aliphatic rings. The third-order valence-electron chi connectivity index (χ3n) is 7.03. The van der Waals surface area contributed by atoms with E-state index in [4.69, 9.17) is 6.85 Å². The first-order valence-electron chi connectivity index (χ1n) is 16.4. The van der Waals surface area contributed by atoms with Crippen molar-refractivity contribution in [1.29, 1.82) is 0 Å². The molecule has 2 heterocycles. The smallest absolute Gasteiger partial charge is 0.0399 e. The van der Waals surface area contributed by atoms with Gasteiger partial charge in [0.05, 0.1) is 0 Å². The zero-order valence-corrected chi connectivity index (χ0v) is 26.8. The van der Waals surface area contributed by atoms with E-state index in [0.29, 0.717) is 16.8 Å². The van der Waals surface area contributed by atoms with Crippen LogP contribution in [0.5, 0.6) is 0 Å². The number of hydrogen-bond donors (Lipinski definition) is 0. The SMILES string of the molecule is [2H]C(C)(c1ccccc1)c1ccnc(-c2[c-]cccc2)c1.[2H]C([2H])([2H])c1c[c-]c(-c2cc(C([2H])(C)C)ccn2)cc1-c1ccccc1.[Ir]. The van der Waals surface area contributed by atoms with Gasteiger partial charge in [0, 0.05) is 45.2 Å². The summed E-state index contributed by atoms with van der Waals surface area (Å²) in [7, 11) is 0. The van der Waals surface area contributed by atoms with Crippen molar-refractivity contribution in [3.63, 3.8) is 0 Å². The quantitative estimate of drug-likeness (QED) is 0.159. The van der Waals surface area contributed by atoms with Crippen LogP contribution in [0.2, 0.25) is 0 Å². The van der Waals surface area contributed by atoms with Crippen LogP contribution in [0.25, 0.3) is 33.6 Å². The van der Waals surface area contributed by atoms with E-state index in [1.165, 1.54) is 6.07 Å². The topological polar surface area (TPSA) is 25.8 Å². The number of aromatic nitrogens is 2. The maximum Gasteiger partial charge on any atom is 0.0399 e. The van der Waals surface area contributed by atoms with E-state index in [2.05, 4.69) is 22.1 Å². The predicted octanol–water partition coefficient (Wildman–Crippen LogP) is 10.3. The Morgan fingerprint density at radius 3 is 1.93 bits per heavy atom. The fourth-order valence-corrected chi connectivity index (χ4v) is 4.60. The second kappa shape index (κ2) is 15.3. The molecule has 43 heavy (non-hydrogen) atoms. The largest absolute Gasteiger partial charge is 0.305 e. The molecule has 0 aliphatic carbocycles. The molecule has 2 nitrogen and oxygen atoms in total. The Hall–Kier alpha value is -4.17. The minimum Gasteiger partial charge on any atom is -0.305 e. The van der Waals surface area contributed by atoms with Crippen LogP contribution in [-0.4, -0.2) is 9.97 Å². The zero-order valence-electron chi connectivity index (χ0n) is 29.4. The number of hydrogen-bond acceptors (Lipinski definition) is 2. The maximum absolute atomic E-state index is 8.73. The summed E-state index contributed by atoms with van der Waals surface area (Å²) in [6, 6.07) is 44.3. The number of aryl methyl sites for hydroxylation is 1. The van der Waals surface area contributed by atoms with Crippen LogP contribution >= 0.6 is 0 Å². The molecule has 2 aromatic heterocycles. The molecule has 0 bridgehead atoms. The fraction of sp³-hybridized carbons (Fsp3) is 0.150. The van der Waals surface area contributed by atoms with Crippen molar-refractivity contribution in [3.8, 4) is 33.6 Å². The second-order valence-corrected chi connectivity index (χ2v) is 10.2. The molecule has 0 N–H and O–H groups in total. The Bertz CT molecular complexity index is 1920. The summed E-state index contributed by atoms with van der Waals surface area (Å²) < 4.78 is 40.4. The summed E-state index contributed by atoms with van der Waals surface area (Å²) in [6.07, 6.45) is 3.44. The second-order valence-electron chi connectivity index (χ2n) is 10.2. The van der Waals surface area contributed by atoms with Gasteiger partial charge >= 0.3 is 0 Å². The normalized spacial score (nSPS) is 14.2. The average Bonchev–Trinajstić information content (AvgIpc) is 3.09. The maximum atomic E-state index is 8.73. The van der Waals surface area contributed by atoms with Crippen LogP contribution in [0.1, 0.15) is 61.7 Å². The number of pyridine rings is 2. The molecule has 0 amide bonds. The monoisotopic (exact) mass is 742 g/mol. The first-order valence-corrected chi connectivity index (χ1v) is 13.9. The number of benzene rings is 4. The molecule has 1 unspecified atom stereocenters. The van der Waals surface area contributed by atoms with Crippen LogP contribution in [0.15, 0.2) is 134 Å². The van der Waals surface area contributed by atoms with Gasteiger partial charge < -0.3 is 9.97 Å². The summed E-state index contributed by atoms with van der Waals surface area (Å²) in [4.78, 5) is 8.80. The minimum absolute atomic E-state index is 0. The van der Waals surface area contributed by atoms with Crippen LogP contribution < -0.4 is 0 Å². The molecule has 1 atom stereocenters. The van der Waals surface area contributed by atoms with Crippen LogP contribution in [0, 0.1) is 19.0 Å². The van der Waals surface area contributed by atoms with Gasteiger partial charge in [-0.3, -0.25) is 0 Å². The fourth-order valence-electron chi connectivity index (χ4n) is 4.60. The Kier molecular flexibility index (Phi) is 9.04. The van der Waals surface area contributed by atoms with Crippen molar-refractivity contribution in [2.24, 2.45) is 0 Å². The van der Waals surface area contributed by atoms with Gasteiger partial charge in [0.2, 0.25) is 0 Å². The van der Waals surface area contributed by atoms with E-state index in [0.717, 1.165) is 33.5 Å². The summed E-state index contributed by atoms with van der Waals surface area (Å²) in [5, 5.41) is 0. The summed E-state index contributed by atoms with van der Waals surface area (Å²) in [5.41, 5.74) is 7.69. The zero-order chi connectivity index (χ0) is 33.7. The van der Waals surface area contributed by atoms with Crippen molar-refractivity contribution in [2.45, 2.75) is 39.4 Å². The Morgan fingerprint density at radius 1 is 0.651 bits per heavy atom. The molecule has 0 saturated heterocycles. The van der Waals surface area contributed by atoms with Crippen LogP contribution in [0.4, 0.5) is 0 Å². The van der Waals surface area contributed by atoms with Crippen LogP contribution in [0.3, 0.4) is 0 Å². The Morgan fingerprint density at radius 2 is 1.28 bits per heavy atom. The molecule has 3 heteroatoms. The van der Waals surface area contributed by atoms with E-state index < -0.39 is 18.6 Å². The van der Waals surface area contributed by atoms with Crippen molar-refractivity contribution in [1.82, 2.24) is 9.97 Å². The van der Waals surface area contributed by atoms with Crippen molar-refractivity contribution >= 4 is 0 Å². The molecule has 217 valence electrons. The summed E-state index contributed by atoms with van der Waals surface area (Å²) >= 11 is 0. The molecular formula is C40H36IrN2-2. The molecular weight excluding hydrogens is 701 g/mol. The minimum atomic E-state index is -2.22. The molecule has 0 aliphatic heterocycles. The molecule has 4 aromatic carbocycles. The molecule has 0 saturated carbocycles. The predicted molar refractivity (Wildman–Crippen MR) is 175 cm³/mol. The molecule has 0 fully saturated rings. The van der Waals surface area contributed by atoms with Crippen molar-refractivity contribution in [2.75, 3.05) is 0 Å². The van der Waals surface area contributed by atoms with E-state index >= 15 is 0 Å². The van der Waals surface area contributed by atoms with Gasteiger partial charge in [-0.15, -0.1) is 65.2 Å². The van der Waals surface area contributed by atoms with Gasteiger partial charge in [-0.05, 0) is 46.1 Å². The Balaban J connectivity index is 0.000000217. The van der Waals surface area contributed by atoms with Crippen molar-refractivity contribution < 1.29 is 27.0 Å². The molecule has 6 rings (SSSR count). The third-order valence-corrected chi connectivity index (χ3v) is 7.03. The van der Waals surface area contributed by atoms with E-state index in [9.17, 15) is 0 Å². The first kappa shape index (κ1) is 25.3. The van der Waals surface area contributed by atoms with Gasteiger partial charge in [-0.25, -0.2) is 0 Å². The Labute approximate surface area is 277 Å². The molecule has 6 aromatic rings. The molecule has 0 spiro atoms. The summed E-state index contributed by atoms with van der Waals surface area (Å²) in [6.45, 7) is 3.33. The van der Waals surface area contributed by atoms with E-state index in [1.807, 2.05) is 136 Å². The third kappa shape index (κ3) is 8.23. The van der Waals surface area contributed by atoms with Crippen molar-refractivity contribution in [3.05, 3.63) is 168 Å². The van der Waals surface area contributed by atoms with E-state index in [-0.39, 0.29) is 25.7 Å². The standard InChI is InChI=1S/C21H20N.C19H16N.Ir/c1-15(2)18-11-12-22-21(14-18)19-10-9-16(3)20(13-19)17-7-5-4-6-8-17;1-15(16-8-4-2-5-9-16)18-12-13-20-19(14-18)17-10-6-3-7-11-17;/h4-9,11-15H,1-3H3;2-10,12-15H,1H3;/q2*-1;/i3D3,15D;15D;. The number of nitrogens with zero attached hydrogens (tertiary/aromatic N) is 2. The number of rotatable bonds is 6. The first-order chi connectivity index (χ1) is 22.3. The van der Waals surface area contributed by atoms with Gasteiger partial charge in [0.1, 0.15) is 0 Å². The molecule has 1 radical (unpaired) electrons.